The third-order valence-electron chi connectivity index (χ3n) is 5.43. The van der Waals surface area contributed by atoms with Crippen LogP contribution in [0.4, 0.5) is 4.79 Å². The number of ether oxygens (including phenoxy) is 1. The summed E-state index contributed by atoms with van der Waals surface area (Å²) in [5.74, 6) is 1.72. The summed E-state index contributed by atoms with van der Waals surface area (Å²) in [5.41, 5.74) is -0.100. The molecule has 3 amide bonds. The molecule has 4 bridgehead atoms. The molecular weight excluding hydrogens is 328 g/mol. The van der Waals surface area contributed by atoms with Crippen LogP contribution >= 0.6 is 11.8 Å². The molecule has 0 heterocycles. The minimum Gasteiger partial charge on any atom is -0.465 e. The van der Waals surface area contributed by atoms with Gasteiger partial charge in [-0.05, 0) is 63.2 Å². The molecule has 0 aromatic heterocycles. The van der Waals surface area contributed by atoms with E-state index in [-0.39, 0.29) is 28.9 Å². The number of thioether (sulfide) groups is 1. The summed E-state index contributed by atoms with van der Waals surface area (Å²) in [5, 5.41) is 5.50. The van der Waals surface area contributed by atoms with Crippen molar-refractivity contribution in [2.24, 2.45) is 17.8 Å². The quantitative estimate of drug-likeness (QED) is 0.714. The first-order valence-electron chi connectivity index (χ1n) is 8.83. The SMILES string of the molecule is CCOC(=O)CSCC(=O)NC(=O)NC12CC3CC(CC(C3)C1)C2. The highest BCUT2D eigenvalue weighted by Gasteiger charge is 2.51. The normalized spacial score (nSPS) is 33.1. The van der Waals surface area contributed by atoms with Crippen LogP contribution in [0.25, 0.3) is 0 Å². The molecule has 4 saturated carbocycles. The molecule has 0 atom stereocenters. The van der Waals surface area contributed by atoms with Crippen molar-refractivity contribution in [1.29, 1.82) is 0 Å². The van der Waals surface area contributed by atoms with E-state index in [9.17, 15) is 14.4 Å². The molecule has 0 aromatic rings. The number of imide groups is 1. The van der Waals surface area contributed by atoms with Crippen molar-refractivity contribution in [3.05, 3.63) is 0 Å². The Bertz CT molecular complexity index is 487. The summed E-state index contributed by atoms with van der Waals surface area (Å²) in [6.45, 7) is 2.07. The number of carbonyl (C=O) groups excluding carboxylic acids is 3. The van der Waals surface area contributed by atoms with Gasteiger partial charge < -0.3 is 10.1 Å². The van der Waals surface area contributed by atoms with Gasteiger partial charge >= 0.3 is 12.0 Å². The van der Waals surface area contributed by atoms with Crippen LogP contribution < -0.4 is 10.6 Å². The second-order valence-electron chi connectivity index (χ2n) is 7.50. The first kappa shape index (κ1) is 17.6. The van der Waals surface area contributed by atoms with E-state index in [4.69, 9.17) is 4.74 Å². The zero-order valence-electron chi connectivity index (χ0n) is 14.1. The molecule has 7 heteroatoms. The summed E-state index contributed by atoms with van der Waals surface area (Å²) in [6, 6.07) is -0.390. The zero-order valence-corrected chi connectivity index (χ0v) is 15.0. The van der Waals surface area contributed by atoms with Crippen molar-refractivity contribution in [1.82, 2.24) is 10.6 Å². The molecular formula is C17H26N2O4S. The Kier molecular flexibility index (Phi) is 5.37. The van der Waals surface area contributed by atoms with Gasteiger partial charge in [0.05, 0.1) is 18.1 Å². The molecule has 0 saturated heterocycles. The maximum absolute atomic E-state index is 12.2. The van der Waals surface area contributed by atoms with Gasteiger partial charge in [0.1, 0.15) is 0 Å². The molecule has 0 spiro atoms. The highest BCUT2D eigenvalue weighted by molar-refractivity contribution is 8.00. The Labute approximate surface area is 146 Å². The lowest BCUT2D eigenvalue weighted by Gasteiger charge is -2.56. The van der Waals surface area contributed by atoms with Crippen LogP contribution in [-0.4, -0.2) is 41.6 Å². The van der Waals surface area contributed by atoms with E-state index in [0.29, 0.717) is 6.61 Å². The second kappa shape index (κ2) is 7.33. The summed E-state index contributed by atoms with van der Waals surface area (Å²) < 4.78 is 4.79. The number of hydrogen-bond acceptors (Lipinski definition) is 5. The number of carbonyl (C=O) groups is 3. The fourth-order valence-electron chi connectivity index (χ4n) is 5.13. The van der Waals surface area contributed by atoms with Crippen LogP contribution in [0.3, 0.4) is 0 Å². The number of esters is 1. The van der Waals surface area contributed by atoms with Crippen LogP contribution in [-0.2, 0) is 14.3 Å². The van der Waals surface area contributed by atoms with Crippen molar-refractivity contribution in [2.75, 3.05) is 18.1 Å². The molecule has 0 aliphatic heterocycles. The first-order valence-corrected chi connectivity index (χ1v) is 9.99. The Morgan fingerprint density at radius 3 is 2.17 bits per heavy atom. The van der Waals surface area contributed by atoms with Gasteiger partial charge in [0.2, 0.25) is 5.91 Å². The molecule has 4 aliphatic rings. The van der Waals surface area contributed by atoms with Crippen LogP contribution in [0.1, 0.15) is 45.4 Å². The van der Waals surface area contributed by atoms with Gasteiger partial charge in [0.25, 0.3) is 0 Å². The monoisotopic (exact) mass is 354 g/mol. The Morgan fingerprint density at radius 1 is 1.04 bits per heavy atom. The molecule has 4 rings (SSSR count). The van der Waals surface area contributed by atoms with Gasteiger partial charge in [-0.25, -0.2) is 4.79 Å². The molecule has 0 unspecified atom stereocenters. The van der Waals surface area contributed by atoms with Crippen LogP contribution in [0.5, 0.6) is 0 Å². The van der Waals surface area contributed by atoms with Crippen molar-refractivity contribution in [3.63, 3.8) is 0 Å². The smallest absolute Gasteiger partial charge is 0.321 e. The van der Waals surface area contributed by atoms with Crippen molar-refractivity contribution in [2.45, 2.75) is 51.0 Å². The number of amides is 3. The lowest BCUT2D eigenvalue weighted by Crippen LogP contribution is -2.61. The Hall–Kier alpha value is -1.24. The van der Waals surface area contributed by atoms with E-state index in [0.717, 1.165) is 48.8 Å². The van der Waals surface area contributed by atoms with Crippen LogP contribution in [0.15, 0.2) is 0 Å². The van der Waals surface area contributed by atoms with Crippen LogP contribution in [0.2, 0.25) is 0 Å². The van der Waals surface area contributed by atoms with E-state index in [1.54, 1.807) is 6.92 Å². The van der Waals surface area contributed by atoms with Gasteiger partial charge in [-0.15, -0.1) is 11.8 Å². The van der Waals surface area contributed by atoms with Crippen molar-refractivity contribution in [3.8, 4) is 0 Å². The van der Waals surface area contributed by atoms with E-state index in [1.807, 2.05) is 0 Å². The highest BCUT2D eigenvalue weighted by atomic mass is 32.2. The molecule has 4 fully saturated rings. The molecule has 24 heavy (non-hydrogen) atoms. The third-order valence-corrected chi connectivity index (χ3v) is 6.33. The Morgan fingerprint density at radius 2 is 1.62 bits per heavy atom. The number of rotatable bonds is 6. The predicted molar refractivity (Wildman–Crippen MR) is 91.5 cm³/mol. The standard InChI is InChI=1S/C17H26N2O4S/c1-2-23-15(21)10-24-9-14(20)18-16(22)19-17-6-11-3-12(7-17)5-13(4-11)8-17/h11-13H,2-10H2,1H3,(H2,18,19,20,22). The number of urea groups is 1. The maximum atomic E-state index is 12.2. The molecule has 0 radical (unpaired) electrons. The molecule has 6 nitrogen and oxygen atoms in total. The van der Waals surface area contributed by atoms with E-state index >= 15 is 0 Å². The summed E-state index contributed by atoms with van der Waals surface area (Å²) >= 11 is 1.15. The summed E-state index contributed by atoms with van der Waals surface area (Å²) in [7, 11) is 0. The van der Waals surface area contributed by atoms with E-state index < -0.39 is 6.03 Å². The Balaban J connectivity index is 1.41. The molecule has 0 aromatic carbocycles. The summed E-state index contributed by atoms with van der Waals surface area (Å²) in [4.78, 5) is 35.2. The minimum absolute atomic E-state index is 0.0765. The van der Waals surface area contributed by atoms with Crippen molar-refractivity contribution >= 4 is 29.7 Å². The lowest BCUT2D eigenvalue weighted by atomic mass is 9.53. The summed E-state index contributed by atoms with van der Waals surface area (Å²) in [6.07, 6.45) is 7.10. The van der Waals surface area contributed by atoms with E-state index in [1.165, 1.54) is 19.3 Å². The molecule has 2 N–H and O–H groups in total. The fraction of sp³-hybridized carbons (Fsp3) is 0.824. The largest absolute Gasteiger partial charge is 0.465 e. The second-order valence-corrected chi connectivity index (χ2v) is 8.48. The van der Waals surface area contributed by atoms with Gasteiger partial charge in [-0.3, -0.25) is 14.9 Å². The predicted octanol–water partition coefficient (Wildman–Crippen LogP) is 2.08. The van der Waals surface area contributed by atoms with Gasteiger partial charge in [0.15, 0.2) is 0 Å². The average Bonchev–Trinajstić information content (AvgIpc) is 2.44. The van der Waals surface area contributed by atoms with Crippen molar-refractivity contribution < 1.29 is 19.1 Å². The number of hydrogen-bond donors (Lipinski definition) is 2. The molecule has 4 aliphatic carbocycles. The lowest BCUT2D eigenvalue weighted by molar-refractivity contribution is -0.139. The maximum Gasteiger partial charge on any atom is 0.321 e. The van der Waals surface area contributed by atoms with Crippen LogP contribution in [0, 0.1) is 17.8 Å². The fourth-order valence-corrected chi connectivity index (χ4v) is 5.74. The van der Waals surface area contributed by atoms with Gasteiger partial charge in [0, 0.05) is 5.54 Å². The topological polar surface area (TPSA) is 84.5 Å². The van der Waals surface area contributed by atoms with E-state index in [2.05, 4.69) is 10.6 Å². The third kappa shape index (κ3) is 4.23. The van der Waals surface area contributed by atoms with Gasteiger partial charge in [-0.1, -0.05) is 0 Å². The average molecular weight is 354 g/mol. The highest BCUT2D eigenvalue weighted by Crippen LogP contribution is 2.55. The molecule has 134 valence electrons. The number of nitrogens with one attached hydrogen (secondary N) is 2. The first-order chi connectivity index (χ1) is 11.5. The minimum atomic E-state index is -0.390. The van der Waals surface area contributed by atoms with Gasteiger partial charge in [-0.2, -0.15) is 0 Å². The zero-order chi connectivity index (χ0) is 17.2.